The molecule has 3 aromatic heterocycles. The maximum atomic E-state index is 14.0. The fourth-order valence-electron chi connectivity index (χ4n) is 5.76. The van der Waals surface area contributed by atoms with Crippen molar-refractivity contribution in [3.05, 3.63) is 72.2 Å². The minimum absolute atomic E-state index is 0.0668. The second kappa shape index (κ2) is 10.8. The van der Waals surface area contributed by atoms with Crippen molar-refractivity contribution in [2.75, 3.05) is 48.3 Å². The van der Waals surface area contributed by atoms with Crippen molar-refractivity contribution < 1.29 is 12.8 Å². The van der Waals surface area contributed by atoms with E-state index in [0.717, 1.165) is 53.6 Å². The number of hydrogen-bond acceptors (Lipinski definition) is 7. The Hall–Kier alpha value is -3.57. The van der Waals surface area contributed by atoms with E-state index < -0.39 is 10.0 Å². The van der Waals surface area contributed by atoms with Gasteiger partial charge in [0.25, 0.3) is 0 Å². The summed E-state index contributed by atoms with van der Waals surface area (Å²) in [5.41, 5.74) is 3.19. The molecule has 2 saturated heterocycles. The van der Waals surface area contributed by atoms with Gasteiger partial charge in [0.2, 0.25) is 10.0 Å². The third-order valence-electron chi connectivity index (χ3n) is 7.63. The SMILES string of the molecule is CC(C)CS(=O)(=O)N1CCN(c2cccc(-c3cnc4ccc(N5CCCC5c5cccc(F)c5)nn34)n2)CC1. The number of fused-ring (bicyclic) bond motifs is 1. The van der Waals surface area contributed by atoms with E-state index in [1.165, 1.54) is 6.07 Å². The van der Waals surface area contributed by atoms with Gasteiger partial charge in [0.1, 0.15) is 23.1 Å². The number of piperazine rings is 1. The Balaban J connectivity index is 1.24. The summed E-state index contributed by atoms with van der Waals surface area (Å²) in [5, 5.41) is 4.95. The number of rotatable bonds is 7. The third-order valence-corrected chi connectivity index (χ3v) is 9.87. The lowest BCUT2D eigenvalue weighted by Gasteiger charge is -2.35. The summed E-state index contributed by atoms with van der Waals surface area (Å²) in [6.45, 7) is 6.76. The van der Waals surface area contributed by atoms with Crippen LogP contribution in [0.3, 0.4) is 0 Å². The first-order valence-electron chi connectivity index (χ1n) is 13.9. The van der Waals surface area contributed by atoms with Crippen molar-refractivity contribution in [3.63, 3.8) is 0 Å². The van der Waals surface area contributed by atoms with Gasteiger partial charge >= 0.3 is 0 Å². The topological polar surface area (TPSA) is 86.9 Å². The first-order valence-corrected chi connectivity index (χ1v) is 15.5. The molecule has 2 aliphatic heterocycles. The van der Waals surface area contributed by atoms with Crippen molar-refractivity contribution in [1.82, 2.24) is 23.9 Å². The van der Waals surface area contributed by atoms with Gasteiger partial charge in [-0.1, -0.05) is 32.0 Å². The number of aromatic nitrogens is 4. The van der Waals surface area contributed by atoms with Crippen LogP contribution in [0.4, 0.5) is 16.0 Å². The van der Waals surface area contributed by atoms with E-state index in [1.807, 2.05) is 54.8 Å². The highest BCUT2D eigenvalue weighted by Gasteiger charge is 2.29. The number of imidazole rings is 1. The molecule has 1 atom stereocenters. The number of pyridine rings is 1. The molecule has 1 unspecified atom stereocenters. The molecule has 1 aromatic carbocycles. The van der Waals surface area contributed by atoms with Gasteiger partial charge < -0.3 is 9.80 Å². The minimum Gasteiger partial charge on any atom is -0.354 e. The van der Waals surface area contributed by atoms with Crippen molar-refractivity contribution in [2.45, 2.75) is 32.7 Å². The molecule has 6 rings (SSSR count). The zero-order chi connectivity index (χ0) is 27.9. The Labute approximate surface area is 234 Å². The lowest BCUT2D eigenvalue weighted by atomic mass is 10.0. The van der Waals surface area contributed by atoms with Gasteiger partial charge in [-0.25, -0.2) is 27.3 Å². The first kappa shape index (κ1) is 26.6. The molecule has 5 heterocycles. The number of benzene rings is 1. The molecule has 0 radical (unpaired) electrons. The van der Waals surface area contributed by atoms with Crippen LogP contribution in [0, 0.1) is 11.7 Å². The van der Waals surface area contributed by atoms with Crippen molar-refractivity contribution in [3.8, 4) is 11.4 Å². The monoisotopic (exact) mass is 563 g/mol. The van der Waals surface area contributed by atoms with Crippen LogP contribution in [0.5, 0.6) is 0 Å². The molecule has 210 valence electrons. The van der Waals surface area contributed by atoms with Crippen LogP contribution in [0.2, 0.25) is 0 Å². The van der Waals surface area contributed by atoms with Gasteiger partial charge in [-0.2, -0.15) is 4.31 Å². The van der Waals surface area contributed by atoms with E-state index in [0.29, 0.717) is 26.2 Å². The first-order chi connectivity index (χ1) is 19.3. The van der Waals surface area contributed by atoms with Crippen LogP contribution >= 0.6 is 0 Å². The third kappa shape index (κ3) is 5.27. The fraction of sp³-hybridized carbons (Fsp3) is 0.414. The van der Waals surface area contributed by atoms with Crippen LogP contribution in [0.25, 0.3) is 17.0 Å². The van der Waals surface area contributed by atoms with E-state index in [9.17, 15) is 12.8 Å². The minimum atomic E-state index is -3.25. The summed E-state index contributed by atoms with van der Waals surface area (Å²) >= 11 is 0. The summed E-state index contributed by atoms with van der Waals surface area (Å²) in [5.74, 6) is 1.65. The second-order valence-corrected chi connectivity index (χ2v) is 13.0. The van der Waals surface area contributed by atoms with Gasteiger partial charge in [-0.3, -0.25) is 0 Å². The molecule has 0 spiro atoms. The molecule has 0 amide bonds. The molecule has 11 heteroatoms. The molecule has 0 saturated carbocycles. The number of anilines is 2. The van der Waals surface area contributed by atoms with Crippen LogP contribution < -0.4 is 9.80 Å². The van der Waals surface area contributed by atoms with Crippen LogP contribution in [-0.2, 0) is 10.0 Å². The number of hydrogen-bond donors (Lipinski definition) is 0. The summed E-state index contributed by atoms with van der Waals surface area (Å²) in [6.07, 6.45) is 3.73. The second-order valence-electron chi connectivity index (χ2n) is 11.0. The molecule has 0 aliphatic carbocycles. The number of nitrogens with zero attached hydrogens (tertiary/aromatic N) is 7. The van der Waals surface area contributed by atoms with Gasteiger partial charge in [0.15, 0.2) is 5.65 Å². The quantitative estimate of drug-likeness (QED) is 0.330. The van der Waals surface area contributed by atoms with Gasteiger partial charge in [-0.05, 0) is 60.7 Å². The highest BCUT2D eigenvalue weighted by Crippen LogP contribution is 2.36. The zero-order valence-electron chi connectivity index (χ0n) is 22.8. The lowest BCUT2D eigenvalue weighted by molar-refractivity contribution is 0.381. The Kier molecular flexibility index (Phi) is 7.18. The predicted octanol–water partition coefficient (Wildman–Crippen LogP) is 4.38. The summed E-state index contributed by atoms with van der Waals surface area (Å²) in [4.78, 5) is 13.8. The summed E-state index contributed by atoms with van der Waals surface area (Å²) < 4.78 is 42.7. The molecule has 0 N–H and O–H groups in total. The van der Waals surface area contributed by atoms with Crippen LogP contribution in [0.1, 0.15) is 38.3 Å². The van der Waals surface area contributed by atoms with E-state index in [-0.39, 0.29) is 23.5 Å². The zero-order valence-corrected chi connectivity index (χ0v) is 23.6. The van der Waals surface area contributed by atoms with Gasteiger partial charge in [0.05, 0.1) is 23.7 Å². The molecule has 9 nitrogen and oxygen atoms in total. The average Bonchev–Trinajstić information content (AvgIpc) is 3.60. The Morgan fingerprint density at radius 2 is 1.77 bits per heavy atom. The van der Waals surface area contributed by atoms with Crippen molar-refractivity contribution >= 4 is 27.3 Å². The Morgan fingerprint density at radius 3 is 2.55 bits per heavy atom. The number of halogens is 1. The summed E-state index contributed by atoms with van der Waals surface area (Å²) in [7, 11) is -3.25. The van der Waals surface area contributed by atoms with E-state index >= 15 is 0 Å². The van der Waals surface area contributed by atoms with Gasteiger partial charge in [-0.15, -0.1) is 5.10 Å². The van der Waals surface area contributed by atoms with Crippen molar-refractivity contribution in [2.24, 2.45) is 5.92 Å². The molecular formula is C29H34FN7O2S. The van der Waals surface area contributed by atoms with Crippen molar-refractivity contribution in [1.29, 1.82) is 0 Å². The van der Waals surface area contributed by atoms with E-state index in [1.54, 1.807) is 22.6 Å². The molecule has 4 aromatic rings. The smallest absolute Gasteiger partial charge is 0.214 e. The lowest BCUT2D eigenvalue weighted by Crippen LogP contribution is -2.49. The normalized spacial score (nSPS) is 18.8. The largest absolute Gasteiger partial charge is 0.354 e. The molecule has 2 aliphatic rings. The van der Waals surface area contributed by atoms with E-state index in [4.69, 9.17) is 10.1 Å². The van der Waals surface area contributed by atoms with E-state index in [2.05, 4.69) is 14.8 Å². The molecule has 0 bridgehead atoms. The average molecular weight is 564 g/mol. The fourth-order valence-corrected chi connectivity index (χ4v) is 7.53. The summed E-state index contributed by atoms with van der Waals surface area (Å²) in [6, 6.07) is 16.7. The van der Waals surface area contributed by atoms with Crippen LogP contribution in [-0.4, -0.2) is 70.8 Å². The highest BCUT2D eigenvalue weighted by atomic mass is 32.2. The standard InChI is InChI=1S/C29H34FN7O2S/c1-21(2)20-40(38,39)35-16-14-34(15-17-35)28-10-4-8-24(32-28)26-19-31-27-11-12-29(33-37(26)27)36-13-5-9-25(36)22-6-3-7-23(30)18-22/h3-4,6-8,10-12,18-19,21,25H,5,9,13-17,20H2,1-2H3. The predicted molar refractivity (Wildman–Crippen MR) is 154 cm³/mol. The maximum Gasteiger partial charge on any atom is 0.214 e. The maximum absolute atomic E-state index is 14.0. The number of sulfonamides is 1. The molecule has 2 fully saturated rings. The highest BCUT2D eigenvalue weighted by molar-refractivity contribution is 7.89. The molecule has 40 heavy (non-hydrogen) atoms. The Morgan fingerprint density at radius 1 is 0.975 bits per heavy atom. The molecular weight excluding hydrogens is 529 g/mol. The van der Waals surface area contributed by atoms with Gasteiger partial charge in [0, 0.05) is 32.7 Å². The van der Waals surface area contributed by atoms with Crippen LogP contribution in [0.15, 0.2) is 60.8 Å². The Bertz CT molecular complexity index is 1620.